The molecule has 1 unspecified atom stereocenters. The van der Waals surface area contributed by atoms with Gasteiger partial charge in [-0.1, -0.05) is 12.1 Å². The lowest BCUT2D eigenvalue weighted by atomic mass is 10.1. The molecule has 5 heteroatoms. The SMILES string of the molecule is CC(C)(C)NC(=O)CS(=O)c1ccccc1F. The van der Waals surface area contributed by atoms with E-state index in [1.165, 1.54) is 18.2 Å². The van der Waals surface area contributed by atoms with E-state index in [0.717, 1.165) is 0 Å². The summed E-state index contributed by atoms with van der Waals surface area (Å²) in [7, 11) is -1.65. The second-order valence-corrected chi connectivity index (χ2v) is 6.14. The van der Waals surface area contributed by atoms with Gasteiger partial charge in [-0.3, -0.25) is 9.00 Å². The second-order valence-electron chi connectivity index (χ2n) is 4.72. The smallest absolute Gasteiger partial charge is 0.233 e. The highest BCUT2D eigenvalue weighted by Gasteiger charge is 2.18. The molecule has 3 nitrogen and oxygen atoms in total. The van der Waals surface area contributed by atoms with Gasteiger partial charge in [0.15, 0.2) is 0 Å². The Balaban J connectivity index is 2.68. The monoisotopic (exact) mass is 257 g/mol. The molecule has 1 amide bonds. The van der Waals surface area contributed by atoms with Gasteiger partial charge >= 0.3 is 0 Å². The summed E-state index contributed by atoms with van der Waals surface area (Å²) in [5, 5.41) is 2.68. The van der Waals surface area contributed by atoms with E-state index in [1.54, 1.807) is 6.07 Å². The number of amides is 1. The van der Waals surface area contributed by atoms with E-state index >= 15 is 0 Å². The van der Waals surface area contributed by atoms with E-state index in [1.807, 2.05) is 20.8 Å². The molecule has 0 saturated carbocycles. The topological polar surface area (TPSA) is 46.2 Å². The summed E-state index contributed by atoms with van der Waals surface area (Å²) < 4.78 is 25.1. The van der Waals surface area contributed by atoms with E-state index in [4.69, 9.17) is 0 Å². The summed E-state index contributed by atoms with van der Waals surface area (Å²) in [6.07, 6.45) is 0. The zero-order valence-electron chi connectivity index (χ0n) is 10.1. The van der Waals surface area contributed by atoms with Gasteiger partial charge in [-0.15, -0.1) is 0 Å². The van der Waals surface area contributed by atoms with Crippen molar-refractivity contribution in [1.82, 2.24) is 5.32 Å². The van der Waals surface area contributed by atoms with Crippen molar-refractivity contribution < 1.29 is 13.4 Å². The van der Waals surface area contributed by atoms with E-state index in [2.05, 4.69) is 5.32 Å². The predicted octanol–water partition coefficient (Wildman–Crippen LogP) is 1.85. The Morgan fingerprint density at radius 2 is 1.94 bits per heavy atom. The Morgan fingerprint density at radius 1 is 1.35 bits per heavy atom. The lowest BCUT2D eigenvalue weighted by Gasteiger charge is -2.20. The molecule has 94 valence electrons. The van der Waals surface area contributed by atoms with Crippen LogP contribution < -0.4 is 5.32 Å². The third-order valence-corrected chi connectivity index (χ3v) is 3.20. The molecular weight excluding hydrogens is 241 g/mol. The van der Waals surface area contributed by atoms with E-state index in [9.17, 15) is 13.4 Å². The fourth-order valence-electron chi connectivity index (χ4n) is 1.28. The second kappa shape index (κ2) is 5.40. The number of nitrogens with one attached hydrogen (secondary N) is 1. The summed E-state index contributed by atoms with van der Waals surface area (Å²) in [5.41, 5.74) is -0.378. The molecule has 1 N–H and O–H groups in total. The number of carbonyl (C=O) groups excluding carboxylic acids is 1. The maximum Gasteiger partial charge on any atom is 0.233 e. The van der Waals surface area contributed by atoms with Crippen molar-refractivity contribution in [1.29, 1.82) is 0 Å². The first-order chi connectivity index (χ1) is 7.79. The number of carbonyl (C=O) groups is 1. The fraction of sp³-hybridized carbons (Fsp3) is 0.417. The Hall–Kier alpha value is -1.23. The Labute approximate surface area is 103 Å². The molecule has 17 heavy (non-hydrogen) atoms. The zero-order valence-corrected chi connectivity index (χ0v) is 10.9. The lowest BCUT2D eigenvalue weighted by Crippen LogP contribution is -2.42. The van der Waals surface area contributed by atoms with Crippen molar-refractivity contribution in [3.63, 3.8) is 0 Å². The van der Waals surface area contributed by atoms with Gasteiger partial charge in [0.05, 0.1) is 15.7 Å². The third-order valence-electron chi connectivity index (χ3n) is 1.86. The summed E-state index contributed by atoms with van der Waals surface area (Å²) in [5.74, 6) is -1.12. The maximum atomic E-state index is 13.3. The molecule has 0 aliphatic heterocycles. The van der Waals surface area contributed by atoms with Crippen molar-refractivity contribution in [2.24, 2.45) is 0 Å². The highest BCUT2D eigenvalue weighted by molar-refractivity contribution is 7.85. The molecule has 1 atom stereocenters. The normalized spacial score (nSPS) is 13.2. The van der Waals surface area contributed by atoms with Gasteiger partial charge in [-0.05, 0) is 32.9 Å². The molecule has 0 aliphatic carbocycles. The summed E-state index contributed by atoms with van der Waals surface area (Å²) >= 11 is 0. The van der Waals surface area contributed by atoms with Crippen LogP contribution in [0.1, 0.15) is 20.8 Å². The minimum Gasteiger partial charge on any atom is -0.351 e. The Bertz CT molecular complexity index is 440. The molecule has 0 radical (unpaired) electrons. The molecule has 1 aromatic rings. The Morgan fingerprint density at radius 3 is 2.47 bits per heavy atom. The van der Waals surface area contributed by atoms with Crippen molar-refractivity contribution >= 4 is 16.7 Å². The first kappa shape index (κ1) is 13.8. The van der Waals surface area contributed by atoms with Gasteiger partial charge in [0.25, 0.3) is 0 Å². The van der Waals surface area contributed by atoms with E-state index in [-0.39, 0.29) is 22.1 Å². The summed E-state index contributed by atoms with van der Waals surface area (Å²) in [4.78, 5) is 11.6. The van der Waals surface area contributed by atoms with E-state index in [0.29, 0.717) is 0 Å². The van der Waals surface area contributed by atoms with Crippen LogP contribution in [-0.2, 0) is 15.6 Å². The summed E-state index contributed by atoms with van der Waals surface area (Å²) in [6.45, 7) is 5.49. The molecule has 0 heterocycles. The number of hydrogen-bond donors (Lipinski definition) is 1. The van der Waals surface area contributed by atoms with Crippen molar-refractivity contribution in [3.05, 3.63) is 30.1 Å². The van der Waals surface area contributed by atoms with Gasteiger partial charge in [0.1, 0.15) is 11.6 Å². The van der Waals surface area contributed by atoms with Crippen LogP contribution in [0.25, 0.3) is 0 Å². The van der Waals surface area contributed by atoms with Crippen LogP contribution in [0.5, 0.6) is 0 Å². The molecule has 0 spiro atoms. The molecule has 0 saturated heterocycles. The maximum absolute atomic E-state index is 13.3. The highest BCUT2D eigenvalue weighted by Crippen LogP contribution is 2.11. The number of rotatable bonds is 3. The number of halogens is 1. The molecule has 1 aromatic carbocycles. The van der Waals surface area contributed by atoms with Crippen LogP contribution in [0.3, 0.4) is 0 Å². The first-order valence-electron chi connectivity index (χ1n) is 5.23. The lowest BCUT2D eigenvalue weighted by molar-refractivity contribution is -0.119. The van der Waals surface area contributed by atoms with Crippen LogP contribution in [0, 0.1) is 5.82 Å². The van der Waals surface area contributed by atoms with Crippen LogP contribution in [0.15, 0.2) is 29.2 Å². The molecule has 1 rings (SSSR count). The average Bonchev–Trinajstić information content (AvgIpc) is 2.14. The van der Waals surface area contributed by atoms with Crippen LogP contribution in [-0.4, -0.2) is 21.4 Å². The molecule has 0 aromatic heterocycles. The summed E-state index contributed by atoms with van der Waals surface area (Å²) in [6, 6.07) is 5.77. The Kier molecular flexibility index (Phi) is 4.40. The van der Waals surface area contributed by atoms with Crippen molar-refractivity contribution in [2.45, 2.75) is 31.2 Å². The minimum atomic E-state index is -1.65. The quantitative estimate of drug-likeness (QED) is 0.898. The molecule has 0 aliphatic rings. The van der Waals surface area contributed by atoms with Gasteiger partial charge in [0, 0.05) is 5.54 Å². The fourth-order valence-corrected chi connectivity index (χ4v) is 2.26. The average molecular weight is 257 g/mol. The van der Waals surface area contributed by atoms with E-state index < -0.39 is 16.6 Å². The number of hydrogen-bond acceptors (Lipinski definition) is 2. The third kappa shape index (κ3) is 4.65. The molecule has 0 bridgehead atoms. The molecule has 0 fully saturated rings. The van der Waals surface area contributed by atoms with Gasteiger partial charge in [0.2, 0.25) is 5.91 Å². The van der Waals surface area contributed by atoms with Crippen LogP contribution >= 0.6 is 0 Å². The van der Waals surface area contributed by atoms with Crippen LogP contribution in [0.2, 0.25) is 0 Å². The minimum absolute atomic E-state index is 0.0663. The van der Waals surface area contributed by atoms with Gasteiger partial charge in [-0.25, -0.2) is 4.39 Å². The first-order valence-corrected chi connectivity index (χ1v) is 6.55. The molecular formula is C12H16FNO2S. The van der Waals surface area contributed by atoms with Crippen molar-refractivity contribution in [3.8, 4) is 0 Å². The number of benzene rings is 1. The van der Waals surface area contributed by atoms with Crippen molar-refractivity contribution in [2.75, 3.05) is 5.75 Å². The van der Waals surface area contributed by atoms with Gasteiger partial charge in [-0.2, -0.15) is 0 Å². The van der Waals surface area contributed by atoms with Gasteiger partial charge < -0.3 is 5.32 Å². The predicted molar refractivity (Wildman–Crippen MR) is 65.6 cm³/mol. The highest BCUT2D eigenvalue weighted by atomic mass is 32.2. The van der Waals surface area contributed by atoms with Crippen LogP contribution in [0.4, 0.5) is 4.39 Å². The standard InChI is InChI=1S/C12H16FNO2S/c1-12(2,3)14-11(15)8-17(16)10-7-5-4-6-9(10)13/h4-7H,8H2,1-3H3,(H,14,15). The largest absolute Gasteiger partial charge is 0.351 e. The zero-order chi connectivity index (χ0) is 13.1.